The Bertz CT molecular complexity index is 283. The highest BCUT2D eigenvalue weighted by atomic mass is 32.2. The number of furan rings is 1. The van der Waals surface area contributed by atoms with Gasteiger partial charge in [-0.25, -0.2) is 0 Å². The van der Waals surface area contributed by atoms with Crippen LogP contribution in [0.15, 0.2) is 23.0 Å². The summed E-state index contributed by atoms with van der Waals surface area (Å²) in [4.78, 5) is 0. The Balaban J connectivity index is 1.92. The molecule has 1 aromatic heterocycles. The third-order valence-electron chi connectivity index (χ3n) is 2.79. The Hall–Kier alpha value is -0.450. The van der Waals surface area contributed by atoms with Crippen molar-refractivity contribution in [3.63, 3.8) is 0 Å². The predicted molar refractivity (Wildman–Crippen MR) is 66.9 cm³/mol. The fraction of sp³-hybridized carbons (Fsp3) is 0.667. The number of likely N-dealkylation sites (N-methyl/N-ethyl adjacent to an activating group) is 1. The molecule has 90 valence electrons. The highest BCUT2D eigenvalue weighted by molar-refractivity contribution is 7.99. The smallest absolute Gasteiger partial charge is 0.0935 e. The third kappa shape index (κ3) is 3.27. The first-order chi connectivity index (χ1) is 7.90. The van der Waals surface area contributed by atoms with Gasteiger partial charge in [0.1, 0.15) is 0 Å². The van der Waals surface area contributed by atoms with Crippen LogP contribution in [0.3, 0.4) is 0 Å². The molecule has 1 aliphatic heterocycles. The van der Waals surface area contributed by atoms with Crippen molar-refractivity contribution in [2.75, 3.05) is 24.7 Å². The second-order valence-electron chi connectivity index (χ2n) is 3.98. The van der Waals surface area contributed by atoms with Gasteiger partial charge >= 0.3 is 0 Å². The molecule has 0 bridgehead atoms. The van der Waals surface area contributed by atoms with Gasteiger partial charge in [0.2, 0.25) is 0 Å². The number of thioether (sulfide) groups is 1. The van der Waals surface area contributed by atoms with Gasteiger partial charge in [0.05, 0.1) is 25.2 Å². The molecule has 4 heteroatoms. The molecule has 2 rings (SSSR count). The third-order valence-corrected chi connectivity index (χ3v) is 3.81. The van der Waals surface area contributed by atoms with Crippen LogP contribution in [0.25, 0.3) is 0 Å². The number of hydrogen-bond donors (Lipinski definition) is 1. The largest absolute Gasteiger partial charge is 0.472 e. The van der Waals surface area contributed by atoms with E-state index in [2.05, 4.69) is 12.2 Å². The molecule has 1 saturated heterocycles. The summed E-state index contributed by atoms with van der Waals surface area (Å²) in [5, 5.41) is 3.51. The quantitative estimate of drug-likeness (QED) is 0.854. The normalized spacial score (nSPS) is 23.2. The fourth-order valence-electron chi connectivity index (χ4n) is 2.00. The van der Waals surface area contributed by atoms with E-state index in [-0.39, 0.29) is 0 Å². The van der Waals surface area contributed by atoms with E-state index in [4.69, 9.17) is 9.15 Å². The summed E-state index contributed by atoms with van der Waals surface area (Å²) in [6.45, 7) is 3.99. The molecular weight excluding hydrogens is 222 g/mol. The summed E-state index contributed by atoms with van der Waals surface area (Å²) in [6, 6.07) is 2.43. The topological polar surface area (TPSA) is 34.4 Å². The Kier molecular flexibility index (Phi) is 4.75. The highest BCUT2D eigenvalue weighted by Crippen LogP contribution is 2.18. The zero-order chi connectivity index (χ0) is 11.2. The lowest BCUT2D eigenvalue weighted by Crippen LogP contribution is -2.46. The van der Waals surface area contributed by atoms with Crippen molar-refractivity contribution >= 4 is 11.8 Å². The van der Waals surface area contributed by atoms with E-state index in [0.717, 1.165) is 31.1 Å². The Morgan fingerprint density at radius 3 is 3.19 bits per heavy atom. The van der Waals surface area contributed by atoms with Crippen molar-refractivity contribution in [1.82, 2.24) is 5.32 Å². The zero-order valence-electron chi connectivity index (χ0n) is 9.65. The first kappa shape index (κ1) is 12.0. The lowest BCUT2D eigenvalue weighted by Gasteiger charge is -2.30. The average Bonchev–Trinajstić information content (AvgIpc) is 2.83. The van der Waals surface area contributed by atoms with Gasteiger partial charge in [0.25, 0.3) is 0 Å². The van der Waals surface area contributed by atoms with Crippen LogP contribution in [0.2, 0.25) is 0 Å². The van der Waals surface area contributed by atoms with Gasteiger partial charge in [-0.3, -0.25) is 0 Å². The van der Waals surface area contributed by atoms with Crippen molar-refractivity contribution < 1.29 is 9.15 Å². The van der Waals surface area contributed by atoms with Crippen molar-refractivity contribution in [1.29, 1.82) is 0 Å². The minimum atomic E-state index is 0.327. The first-order valence-corrected chi connectivity index (χ1v) is 6.99. The first-order valence-electron chi connectivity index (χ1n) is 5.84. The van der Waals surface area contributed by atoms with Crippen molar-refractivity contribution in [2.45, 2.75) is 25.5 Å². The second kappa shape index (κ2) is 6.33. The van der Waals surface area contributed by atoms with Crippen molar-refractivity contribution in [2.24, 2.45) is 0 Å². The van der Waals surface area contributed by atoms with Gasteiger partial charge in [0.15, 0.2) is 0 Å². The number of nitrogens with one attached hydrogen (secondary N) is 1. The summed E-state index contributed by atoms with van der Waals surface area (Å²) in [7, 11) is 0. The summed E-state index contributed by atoms with van der Waals surface area (Å²) in [6.07, 6.45) is 4.86. The molecule has 0 saturated carbocycles. The van der Waals surface area contributed by atoms with Crippen molar-refractivity contribution in [3.05, 3.63) is 24.2 Å². The number of rotatable bonds is 5. The summed E-state index contributed by atoms with van der Waals surface area (Å²) < 4.78 is 10.9. The molecule has 0 aromatic carbocycles. The maximum Gasteiger partial charge on any atom is 0.0935 e. The van der Waals surface area contributed by atoms with Gasteiger partial charge in [-0.1, -0.05) is 6.92 Å². The molecule has 0 aliphatic carbocycles. The molecule has 16 heavy (non-hydrogen) atoms. The molecule has 2 heterocycles. The van der Waals surface area contributed by atoms with Crippen LogP contribution < -0.4 is 5.32 Å². The van der Waals surface area contributed by atoms with Crippen LogP contribution >= 0.6 is 11.8 Å². The lowest BCUT2D eigenvalue weighted by atomic mass is 10.0. The molecule has 0 amide bonds. The SMILES string of the molecule is CCNC(Cc1ccoc1)C1CSCCO1. The van der Waals surface area contributed by atoms with Gasteiger partial charge in [-0.05, 0) is 24.6 Å². The van der Waals surface area contributed by atoms with E-state index < -0.39 is 0 Å². The van der Waals surface area contributed by atoms with Gasteiger partial charge < -0.3 is 14.5 Å². The molecule has 0 spiro atoms. The van der Waals surface area contributed by atoms with Gasteiger partial charge in [-0.2, -0.15) is 11.8 Å². The minimum Gasteiger partial charge on any atom is -0.472 e. The lowest BCUT2D eigenvalue weighted by molar-refractivity contribution is 0.0476. The molecule has 2 atom stereocenters. The van der Waals surface area contributed by atoms with Crippen LogP contribution in [-0.2, 0) is 11.2 Å². The molecule has 0 radical (unpaired) electrons. The standard InChI is InChI=1S/C12H19NO2S/c1-2-13-11(7-10-3-4-14-8-10)12-9-16-6-5-15-12/h3-4,8,11-13H,2,5-7,9H2,1H3. The maximum absolute atomic E-state index is 5.83. The summed E-state index contributed by atoms with van der Waals surface area (Å²) in [5.41, 5.74) is 1.24. The van der Waals surface area contributed by atoms with E-state index in [9.17, 15) is 0 Å². The average molecular weight is 241 g/mol. The Labute approximate surface area is 101 Å². The molecule has 2 unspecified atom stereocenters. The van der Waals surface area contributed by atoms with Crippen LogP contribution in [0.4, 0.5) is 0 Å². The molecular formula is C12H19NO2S. The summed E-state index contributed by atoms with van der Waals surface area (Å²) in [5.74, 6) is 2.22. The van der Waals surface area contributed by atoms with E-state index in [1.165, 1.54) is 5.56 Å². The molecule has 1 N–H and O–H groups in total. The molecule has 1 fully saturated rings. The Morgan fingerprint density at radius 2 is 2.56 bits per heavy atom. The predicted octanol–water partition coefficient (Wildman–Crippen LogP) is 1.93. The zero-order valence-corrected chi connectivity index (χ0v) is 10.5. The van der Waals surface area contributed by atoms with E-state index in [1.54, 1.807) is 6.26 Å². The second-order valence-corrected chi connectivity index (χ2v) is 5.13. The van der Waals surface area contributed by atoms with Crippen LogP contribution in [-0.4, -0.2) is 36.8 Å². The number of hydrogen-bond acceptors (Lipinski definition) is 4. The minimum absolute atomic E-state index is 0.327. The van der Waals surface area contributed by atoms with Crippen molar-refractivity contribution in [3.8, 4) is 0 Å². The molecule has 1 aromatic rings. The highest BCUT2D eigenvalue weighted by Gasteiger charge is 2.24. The molecule has 1 aliphatic rings. The van der Waals surface area contributed by atoms with E-state index in [0.29, 0.717) is 12.1 Å². The number of ether oxygens (including phenoxy) is 1. The maximum atomic E-state index is 5.83. The van der Waals surface area contributed by atoms with Gasteiger partial charge in [-0.15, -0.1) is 0 Å². The van der Waals surface area contributed by atoms with Crippen LogP contribution in [0.5, 0.6) is 0 Å². The monoisotopic (exact) mass is 241 g/mol. The van der Waals surface area contributed by atoms with E-state index in [1.807, 2.05) is 24.1 Å². The van der Waals surface area contributed by atoms with E-state index >= 15 is 0 Å². The van der Waals surface area contributed by atoms with Gasteiger partial charge in [0, 0.05) is 17.5 Å². The molecule has 3 nitrogen and oxygen atoms in total. The summed E-state index contributed by atoms with van der Waals surface area (Å²) >= 11 is 1.98. The van der Waals surface area contributed by atoms with Crippen LogP contribution in [0, 0.1) is 0 Å². The Morgan fingerprint density at radius 1 is 1.62 bits per heavy atom. The van der Waals surface area contributed by atoms with Crippen LogP contribution in [0.1, 0.15) is 12.5 Å². The fourth-order valence-corrected chi connectivity index (χ4v) is 2.94.